The first kappa shape index (κ1) is 14.1. The lowest BCUT2D eigenvalue weighted by Crippen LogP contribution is -2.17. The molecule has 1 amide bonds. The summed E-state index contributed by atoms with van der Waals surface area (Å²) in [5.41, 5.74) is 3.90. The molecule has 0 aliphatic rings. The summed E-state index contributed by atoms with van der Waals surface area (Å²) in [4.78, 5) is 11.7. The second kappa shape index (κ2) is 6.24. The molecule has 0 fully saturated rings. The molecule has 0 saturated carbocycles. The molecule has 0 radical (unpaired) electrons. The fraction of sp³-hybridized carbons (Fsp3) is 0.235. The Morgan fingerprint density at radius 3 is 2.65 bits per heavy atom. The van der Waals surface area contributed by atoms with Gasteiger partial charge in [-0.05, 0) is 37.6 Å². The van der Waals surface area contributed by atoms with Crippen LogP contribution in [0.2, 0.25) is 0 Å². The zero-order valence-electron chi connectivity index (χ0n) is 12.1. The predicted molar refractivity (Wildman–Crippen MR) is 81.2 cm³/mol. The summed E-state index contributed by atoms with van der Waals surface area (Å²) in [6.45, 7) is 4.56. The number of benzene rings is 2. The Labute approximate surface area is 119 Å². The van der Waals surface area contributed by atoms with Gasteiger partial charge in [-0.15, -0.1) is 0 Å². The van der Waals surface area contributed by atoms with Crippen LogP contribution in [0.25, 0.3) is 11.1 Å². The fourth-order valence-electron chi connectivity index (χ4n) is 2.13. The van der Waals surface area contributed by atoms with Gasteiger partial charge in [0.2, 0.25) is 0 Å². The monoisotopic (exact) mass is 269 g/mol. The summed E-state index contributed by atoms with van der Waals surface area (Å²) < 4.78 is 5.69. The molecule has 2 aromatic carbocycles. The zero-order valence-corrected chi connectivity index (χ0v) is 12.1. The van der Waals surface area contributed by atoms with E-state index in [2.05, 4.69) is 24.4 Å². The minimum Gasteiger partial charge on any atom is -0.493 e. The molecule has 0 bridgehead atoms. The van der Waals surface area contributed by atoms with E-state index >= 15 is 0 Å². The minimum absolute atomic E-state index is 0.109. The molecule has 0 heterocycles. The lowest BCUT2D eigenvalue weighted by atomic mass is 10.0. The lowest BCUT2D eigenvalue weighted by Gasteiger charge is -2.12. The molecule has 3 heteroatoms. The van der Waals surface area contributed by atoms with Crippen molar-refractivity contribution in [1.82, 2.24) is 5.32 Å². The molecule has 0 atom stereocenters. The Morgan fingerprint density at radius 1 is 1.20 bits per heavy atom. The number of hydrogen-bond acceptors (Lipinski definition) is 2. The summed E-state index contributed by atoms with van der Waals surface area (Å²) in [6.07, 6.45) is 0. The third-order valence-corrected chi connectivity index (χ3v) is 3.10. The number of carbonyl (C=O) groups is 1. The first-order valence-electron chi connectivity index (χ1n) is 6.71. The van der Waals surface area contributed by atoms with Crippen LogP contribution in [0.4, 0.5) is 0 Å². The number of ether oxygens (including phenoxy) is 1. The first-order valence-corrected chi connectivity index (χ1v) is 6.71. The largest absolute Gasteiger partial charge is 0.493 e. The second-order valence-corrected chi connectivity index (χ2v) is 4.59. The van der Waals surface area contributed by atoms with Crippen LogP contribution in [0.15, 0.2) is 42.5 Å². The van der Waals surface area contributed by atoms with Gasteiger partial charge in [-0.2, -0.15) is 0 Å². The van der Waals surface area contributed by atoms with Gasteiger partial charge in [0.25, 0.3) is 5.91 Å². The Bertz CT molecular complexity index is 620. The summed E-state index contributed by atoms with van der Waals surface area (Å²) in [7, 11) is 1.62. The molecule has 104 valence electrons. The van der Waals surface area contributed by atoms with E-state index < -0.39 is 0 Å². The standard InChI is InChI=1S/C17H19NO2/c1-4-20-16-11-14(17(19)18-3)8-9-15(16)13-7-5-6-12(2)10-13/h5-11H,4H2,1-3H3,(H,18,19). The van der Waals surface area contributed by atoms with Crippen molar-refractivity contribution in [2.24, 2.45) is 0 Å². The van der Waals surface area contributed by atoms with Crippen molar-refractivity contribution in [2.45, 2.75) is 13.8 Å². The molecule has 0 spiro atoms. The molecule has 0 saturated heterocycles. The second-order valence-electron chi connectivity index (χ2n) is 4.59. The molecule has 0 aliphatic carbocycles. The highest BCUT2D eigenvalue weighted by Crippen LogP contribution is 2.31. The average molecular weight is 269 g/mol. The van der Waals surface area contributed by atoms with Crippen molar-refractivity contribution in [3.05, 3.63) is 53.6 Å². The van der Waals surface area contributed by atoms with Crippen LogP contribution in [-0.4, -0.2) is 19.6 Å². The van der Waals surface area contributed by atoms with E-state index in [0.29, 0.717) is 12.2 Å². The number of amides is 1. The van der Waals surface area contributed by atoms with Crippen molar-refractivity contribution in [1.29, 1.82) is 0 Å². The summed E-state index contributed by atoms with van der Waals surface area (Å²) >= 11 is 0. The lowest BCUT2D eigenvalue weighted by molar-refractivity contribution is 0.0962. The summed E-state index contributed by atoms with van der Waals surface area (Å²) in [5.74, 6) is 0.626. The summed E-state index contributed by atoms with van der Waals surface area (Å²) in [6, 6.07) is 13.8. The third-order valence-electron chi connectivity index (χ3n) is 3.10. The van der Waals surface area contributed by atoms with Gasteiger partial charge in [0.15, 0.2) is 0 Å². The molecule has 20 heavy (non-hydrogen) atoms. The molecular weight excluding hydrogens is 250 g/mol. The minimum atomic E-state index is -0.109. The average Bonchev–Trinajstić information content (AvgIpc) is 2.46. The van der Waals surface area contributed by atoms with Crippen LogP contribution in [0.1, 0.15) is 22.8 Å². The van der Waals surface area contributed by atoms with Crippen LogP contribution in [0.5, 0.6) is 5.75 Å². The van der Waals surface area contributed by atoms with Crippen molar-refractivity contribution < 1.29 is 9.53 Å². The van der Waals surface area contributed by atoms with Crippen molar-refractivity contribution in [2.75, 3.05) is 13.7 Å². The van der Waals surface area contributed by atoms with Gasteiger partial charge in [-0.25, -0.2) is 0 Å². The number of carbonyl (C=O) groups excluding carboxylic acids is 1. The molecule has 3 nitrogen and oxygen atoms in total. The highest BCUT2D eigenvalue weighted by Gasteiger charge is 2.11. The maximum atomic E-state index is 11.7. The highest BCUT2D eigenvalue weighted by atomic mass is 16.5. The number of nitrogens with one attached hydrogen (secondary N) is 1. The van der Waals surface area contributed by atoms with E-state index in [-0.39, 0.29) is 5.91 Å². The van der Waals surface area contributed by atoms with E-state index in [4.69, 9.17) is 4.74 Å². The molecule has 0 aromatic heterocycles. The SMILES string of the molecule is CCOc1cc(C(=O)NC)ccc1-c1cccc(C)c1. The van der Waals surface area contributed by atoms with Crippen LogP contribution >= 0.6 is 0 Å². The van der Waals surface area contributed by atoms with E-state index in [0.717, 1.165) is 16.9 Å². The van der Waals surface area contributed by atoms with Crippen LogP contribution in [0.3, 0.4) is 0 Å². The number of hydrogen-bond donors (Lipinski definition) is 1. The van der Waals surface area contributed by atoms with Crippen LogP contribution in [0, 0.1) is 6.92 Å². The van der Waals surface area contributed by atoms with Crippen LogP contribution in [-0.2, 0) is 0 Å². The normalized spacial score (nSPS) is 10.2. The first-order chi connectivity index (χ1) is 9.65. The highest BCUT2D eigenvalue weighted by molar-refractivity contribution is 5.95. The van der Waals surface area contributed by atoms with Crippen LogP contribution < -0.4 is 10.1 Å². The number of rotatable bonds is 4. The van der Waals surface area contributed by atoms with E-state index in [1.54, 1.807) is 13.1 Å². The Kier molecular flexibility index (Phi) is 4.41. The number of aryl methyl sites for hydroxylation is 1. The zero-order chi connectivity index (χ0) is 14.5. The van der Waals surface area contributed by atoms with Gasteiger partial charge in [-0.1, -0.05) is 29.8 Å². The van der Waals surface area contributed by atoms with Crippen molar-refractivity contribution in [3.63, 3.8) is 0 Å². The fourth-order valence-corrected chi connectivity index (χ4v) is 2.13. The Hall–Kier alpha value is -2.29. The van der Waals surface area contributed by atoms with E-state index in [9.17, 15) is 4.79 Å². The predicted octanol–water partition coefficient (Wildman–Crippen LogP) is 3.42. The Morgan fingerprint density at radius 2 is 2.00 bits per heavy atom. The quantitative estimate of drug-likeness (QED) is 0.923. The van der Waals surface area contributed by atoms with Gasteiger partial charge in [0, 0.05) is 18.2 Å². The van der Waals surface area contributed by atoms with E-state index in [1.165, 1.54) is 5.56 Å². The Balaban J connectivity index is 2.50. The maximum absolute atomic E-state index is 11.7. The van der Waals surface area contributed by atoms with Gasteiger partial charge in [0.05, 0.1) is 6.61 Å². The molecule has 1 N–H and O–H groups in total. The molecule has 0 aliphatic heterocycles. The molecule has 2 aromatic rings. The van der Waals surface area contributed by atoms with Gasteiger partial charge in [0.1, 0.15) is 5.75 Å². The molecule has 2 rings (SSSR count). The third kappa shape index (κ3) is 2.99. The van der Waals surface area contributed by atoms with Gasteiger partial charge >= 0.3 is 0 Å². The van der Waals surface area contributed by atoms with E-state index in [1.807, 2.05) is 31.2 Å². The summed E-state index contributed by atoms with van der Waals surface area (Å²) in [5, 5.41) is 2.62. The van der Waals surface area contributed by atoms with Gasteiger partial charge in [-0.3, -0.25) is 4.79 Å². The topological polar surface area (TPSA) is 38.3 Å². The van der Waals surface area contributed by atoms with Gasteiger partial charge < -0.3 is 10.1 Å². The van der Waals surface area contributed by atoms with Crippen molar-refractivity contribution in [3.8, 4) is 16.9 Å². The van der Waals surface area contributed by atoms with Crippen molar-refractivity contribution >= 4 is 5.91 Å². The smallest absolute Gasteiger partial charge is 0.251 e. The molecule has 0 unspecified atom stereocenters. The molecular formula is C17H19NO2. The maximum Gasteiger partial charge on any atom is 0.251 e.